The van der Waals surface area contributed by atoms with Crippen LogP contribution in [0.5, 0.6) is 0 Å². The van der Waals surface area contributed by atoms with Gasteiger partial charge in [-0.3, -0.25) is 0 Å². The fourth-order valence-corrected chi connectivity index (χ4v) is 2.25. The molecule has 0 spiro atoms. The van der Waals surface area contributed by atoms with Crippen LogP contribution in [0.3, 0.4) is 0 Å². The van der Waals surface area contributed by atoms with Crippen LogP contribution in [-0.4, -0.2) is 17.8 Å². The van der Waals surface area contributed by atoms with Gasteiger partial charge in [-0.2, -0.15) is 0 Å². The fraction of sp³-hybridized carbons (Fsp3) is 0.538. The van der Waals surface area contributed by atoms with E-state index >= 15 is 0 Å². The molecule has 1 fully saturated rings. The smallest absolute Gasteiger partial charge is 0.0543 e. The molecule has 2 rings (SSSR count). The molecule has 1 saturated carbocycles. The molecule has 1 aromatic carbocycles. The van der Waals surface area contributed by atoms with E-state index in [-0.39, 0.29) is 6.10 Å². The standard InChI is InChI=1S/C13H20N2O/c1-9-2-4-11(7-13(9)14)15-8-10-3-5-12(16)6-10/h2,4,7,10,12,15-16H,3,5-6,8,14H2,1H3. The highest BCUT2D eigenvalue weighted by Gasteiger charge is 2.22. The average Bonchev–Trinajstić information content (AvgIpc) is 2.66. The van der Waals surface area contributed by atoms with Gasteiger partial charge in [0.2, 0.25) is 0 Å². The van der Waals surface area contributed by atoms with E-state index < -0.39 is 0 Å². The molecule has 2 unspecified atom stereocenters. The van der Waals surface area contributed by atoms with Gasteiger partial charge in [0, 0.05) is 17.9 Å². The van der Waals surface area contributed by atoms with Crippen LogP contribution in [0.25, 0.3) is 0 Å². The summed E-state index contributed by atoms with van der Waals surface area (Å²) in [6.45, 7) is 2.94. The van der Waals surface area contributed by atoms with Crippen LogP contribution in [0.1, 0.15) is 24.8 Å². The second kappa shape index (κ2) is 4.74. The number of nitrogens with one attached hydrogen (secondary N) is 1. The summed E-state index contributed by atoms with van der Waals surface area (Å²) in [4.78, 5) is 0. The van der Waals surface area contributed by atoms with E-state index in [1.54, 1.807) is 0 Å². The van der Waals surface area contributed by atoms with Gasteiger partial charge in [-0.15, -0.1) is 0 Å². The van der Waals surface area contributed by atoms with Gasteiger partial charge in [-0.25, -0.2) is 0 Å². The molecular formula is C13H20N2O. The maximum Gasteiger partial charge on any atom is 0.0543 e. The molecule has 0 aliphatic heterocycles. The molecule has 88 valence electrons. The molecule has 1 aliphatic rings. The van der Waals surface area contributed by atoms with Crippen molar-refractivity contribution in [1.82, 2.24) is 0 Å². The zero-order valence-corrected chi connectivity index (χ0v) is 9.74. The topological polar surface area (TPSA) is 58.3 Å². The Kier molecular flexibility index (Phi) is 3.34. The van der Waals surface area contributed by atoms with E-state index in [1.807, 2.05) is 19.1 Å². The Labute approximate surface area is 96.7 Å². The van der Waals surface area contributed by atoms with Crippen LogP contribution >= 0.6 is 0 Å². The van der Waals surface area contributed by atoms with Crippen LogP contribution in [0.2, 0.25) is 0 Å². The van der Waals surface area contributed by atoms with Crippen LogP contribution in [0, 0.1) is 12.8 Å². The molecule has 3 nitrogen and oxygen atoms in total. The van der Waals surface area contributed by atoms with E-state index in [1.165, 1.54) is 0 Å². The normalized spacial score (nSPS) is 24.6. The predicted molar refractivity (Wildman–Crippen MR) is 67.4 cm³/mol. The maximum atomic E-state index is 9.43. The lowest BCUT2D eigenvalue weighted by Crippen LogP contribution is -2.12. The van der Waals surface area contributed by atoms with Crippen molar-refractivity contribution in [1.29, 1.82) is 0 Å². The molecule has 0 radical (unpaired) electrons. The number of aliphatic hydroxyl groups is 1. The second-order valence-electron chi connectivity index (χ2n) is 4.79. The number of nitrogens with two attached hydrogens (primary N) is 1. The van der Waals surface area contributed by atoms with Gasteiger partial charge < -0.3 is 16.2 Å². The number of nitrogen functional groups attached to an aromatic ring is 1. The summed E-state index contributed by atoms with van der Waals surface area (Å²) in [5, 5.41) is 12.8. The van der Waals surface area contributed by atoms with E-state index in [2.05, 4.69) is 11.4 Å². The molecule has 4 N–H and O–H groups in total. The number of anilines is 2. The highest BCUT2D eigenvalue weighted by Crippen LogP contribution is 2.26. The van der Waals surface area contributed by atoms with E-state index in [0.29, 0.717) is 5.92 Å². The lowest BCUT2D eigenvalue weighted by atomic mass is 10.1. The summed E-state index contributed by atoms with van der Waals surface area (Å²) in [7, 11) is 0. The largest absolute Gasteiger partial charge is 0.398 e. The minimum absolute atomic E-state index is 0.0881. The molecule has 0 saturated heterocycles. The van der Waals surface area contributed by atoms with Crippen molar-refractivity contribution in [2.45, 2.75) is 32.3 Å². The molecule has 3 heteroatoms. The molecule has 0 heterocycles. The van der Waals surface area contributed by atoms with E-state index in [9.17, 15) is 5.11 Å². The van der Waals surface area contributed by atoms with Crippen molar-refractivity contribution in [3.63, 3.8) is 0 Å². The van der Waals surface area contributed by atoms with E-state index in [4.69, 9.17) is 5.73 Å². The lowest BCUT2D eigenvalue weighted by Gasteiger charge is -2.13. The van der Waals surface area contributed by atoms with Gasteiger partial charge in [-0.05, 0) is 49.8 Å². The Balaban J connectivity index is 1.87. The van der Waals surface area contributed by atoms with Crippen molar-refractivity contribution in [2.24, 2.45) is 5.92 Å². The zero-order chi connectivity index (χ0) is 11.5. The summed E-state index contributed by atoms with van der Waals surface area (Å²) in [5.41, 5.74) is 8.86. The Morgan fingerprint density at radius 1 is 1.44 bits per heavy atom. The lowest BCUT2D eigenvalue weighted by molar-refractivity contribution is 0.178. The van der Waals surface area contributed by atoms with Crippen LogP contribution in [0.4, 0.5) is 11.4 Å². The SMILES string of the molecule is Cc1ccc(NCC2CCC(O)C2)cc1N. The Morgan fingerprint density at radius 3 is 2.88 bits per heavy atom. The average molecular weight is 220 g/mol. The predicted octanol–water partition coefficient (Wildman–Crippen LogP) is 2.15. The van der Waals surface area contributed by atoms with Gasteiger partial charge >= 0.3 is 0 Å². The van der Waals surface area contributed by atoms with Gasteiger partial charge in [0.05, 0.1) is 6.10 Å². The zero-order valence-electron chi connectivity index (χ0n) is 9.74. The monoisotopic (exact) mass is 220 g/mol. The number of aliphatic hydroxyl groups excluding tert-OH is 1. The van der Waals surface area contributed by atoms with Crippen molar-refractivity contribution in [2.75, 3.05) is 17.6 Å². The summed E-state index contributed by atoms with van der Waals surface area (Å²) in [6.07, 6.45) is 2.90. The highest BCUT2D eigenvalue weighted by atomic mass is 16.3. The molecule has 1 aromatic rings. The van der Waals surface area contributed by atoms with Crippen molar-refractivity contribution in [3.8, 4) is 0 Å². The molecular weight excluding hydrogens is 200 g/mol. The molecule has 0 amide bonds. The molecule has 0 bridgehead atoms. The molecule has 1 aliphatic carbocycles. The number of rotatable bonds is 3. The Hall–Kier alpha value is -1.22. The minimum atomic E-state index is -0.0881. The van der Waals surface area contributed by atoms with Gasteiger partial charge in [0.1, 0.15) is 0 Å². The first-order chi connectivity index (χ1) is 7.65. The number of hydrogen-bond donors (Lipinski definition) is 3. The summed E-state index contributed by atoms with van der Waals surface area (Å²) in [6, 6.07) is 6.05. The molecule has 0 aromatic heterocycles. The number of benzene rings is 1. The third kappa shape index (κ3) is 2.67. The minimum Gasteiger partial charge on any atom is -0.398 e. The number of aryl methyl sites for hydroxylation is 1. The van der Waals surface area contributed by atoms with Crippen molar-refractivity contribution >= 4 is 11.4 Å². The highest BCUT2D eigenvalue weighted by molar-refractivity contribution is 5.58. The third-order valence-electron chi connectivity index (χ3n) is 3.39. The number of hydrogen-bond acceptors (Lipinski definition) is 3. The maximum absolute atomic E-state index is 9.43. The van der Waals surface area contributed by atoms with Crippen LogP contribution < -0.4 is 11.1 Å². The second-order valence-corrected chi connectivity index (χ2v) is 4.79. The summed E-state index contributed by atoms with van der Waals surface area (Å²) < 4.78 is 0. The van der Waals surface area contributed by atoms with Gasteiger partial charge in [0.15, 0.2) is 0 Å². The summed E-state index contributed by atoms with van der Waals surface area (Å²) >= 11 is 0. The quantitative estimate of drug-likeness (QED) is 0.684. The van der Waals surface area contributed by atoms with E-state index in [0.717, 1.165) is 42.7 Å². The van der Waals surface area contributed by atoms with Crippen molar-refractivity contribution < 1.29 is 5.11 Å². The van der Waals surface area contributed by atoms with Crippen LogP contribution in [0.15, 0.2) is 18.2 Å². The Bertz CT molecular complexity index is 365. The van der Waals surface area contributed by atoms with Gasteiger partial charge in [-0.1, -0.05) is 6.07 Å². The summed E-state index contributed by atoms with van der Waals surface area (Å²) in [5.74, 6) is 0.595. The van der Waals surface area contributed by atoms with Gasteiger partial charge in [0.25, 0.3) is 0 Å². The first-order valence-corrected chi connectivity index (χ1v) is 5.93. The van der Waals surface area contributed by atoms with Crippen molar-refractivity contribution in [3.05, 3.63) is 23.8 Å². The van der Waals surface area contributed by atoms with Crippen LogP contribution in [-0.2, 0) is 0 Å². The first-order valence-electron chi connectivity index (χ1n) is 5.93. The fourth-order valence-electron chi connectivity index (χ4n) is 2.25. The molecule has 2 atom stereocenters. The molecule has 16 heavy (non-hydrogen) atoms. The first kappa shape index (κ1) is 11.3. The third-order valence-corrected chi connectivity index (χ3v) is 3.39. The Morgan fingerprint density at radius 2 is 2.25 bits per heavy atom.